The number of nitrogens with one attached hydrogen (secondary N) is 2. The molecule has 4 heterocycles. The summed E-state index contributed by atoms with van der Waals surface area (Å²) >= 11 is 0. The van der Waals surface area contributed by atoms with Crippen LogP contribution in [0.25, 0.3) is 22.1 Å². The summed E-state index contributed by atoms with van der Waals surface area (Å²) in [4.78, 5) is 28.1. The van der Waals surface area contributed by atoms with Crippen molar-refractivity contribution in [3.05, 3.63) is 54.3 Å². The number of fused-ring (bicyclic) bond motifs is 4. The van der Waals surface area contributed by atoms with Gasteiger partial charge in [0.1, 0.15) is 5.58 Å². The van der Waals surface area contributed by atoms with E-state index < -0.39 is 0 Å². The third-order valence-electron chi connectivity index (χ3n) is 7.91. The molecule has 3 saturated heterocycles. The summed E-state index contributed by atoms with van der Waals surface area (Å²) in [6.45, 7) is 3.22. The van der Waals surface area contributed by atoms with Crippen molar-refractivity contribution in [2.45, 2.75) is 44.6 Å². The number of hydrogen-bond donors (Lipinski definition) is 2. The Bertz CT molecular complexity index is 1230. The highest BCUT2D eigenvalue weighted by atomic mass is 35.5. The monoisotopic (exact) mass is 493 g/mol. The maximum Gasteiger partial charge on any atom is 0.287 e. The second-order valence-electron chi connectivity index (χ2n) is 10.1. The number of benzene rings is 2. The fraction of sp³-hybridized carbons (Fsp3) is 0.429. The van der Waals surface area contributed by atoms with Crippen molar-refractivity contribution >= 4 is 40.9 Å². The standard InChI is InChI=1S/C28H31N3O3.ClH/c32-27(19-5-1-2-6-19)29-22-9-3-7-20(15-22)23-10-4-8-21-16-25(34-26(21)23)28(33)30-24-17-31-13-11-18(24)12-14-31;/h3-4,7-10,15-16,18-19,24H,1-2,5-6,11-14,17H2,(H,29,32)(H,30,33);1H/t24-;/m0./s1. The summed E-state index contributed by atoms with van der Waals surface area (Å²) in [6, 6.07) is 15.8. The Balaban J connectivity index is 0.00000253. The maximum absolute atomic E-state index is 13.0. The van der Waals surface area contributed by atoms with E-state index in [-0.39, 0.29) is 36.2 Å². The molecule has 4 fully saturated rings. The van der Waals surface area contributed by atoms with Gasteiger partial charge in [-0.3, -0.25) is 9.59 Å². The number of furan rings is 1. The molecule has 4 aliphatic rings. The Morgan fingerprint density at radius 1 is 0.943 bits per heavy atom. The topological polar surface area (TPSA) is 74.6 Å². The first-order valence-electron chi connectivity index (χ1n) is 12.6. The van der Waals surface area contributed by atoms with Crippen LogP contribution >= 0.6 is 12.4 Å². The molecule has 2 amide bonds. The number of para-hydroxylation sites is 1. The lowest BCUT2D eigenvalue weighted by Gasteiger charge is -2.44. The summed E-state index contributed by atoms with van der Waals surface area (Å²) in [6.07, 6.45) is 6.53. The van der Waals surface area contributed by atoms with E-state index in [0.29, 0.717) is 17.3 Å². The number of piperidine rings is 3. The van der Waals surface area contributed by atoms with Crippen molar-refractivity contribution in [2.75, 3.05) is 25.0 Å². The quantitative estimate of drug-likeness (QED) is 0.494. The molecule has 6 nitrogen and oxygen atoms in total. The first-order valence-corrected chi connectivity index (χ1v) is 12.6. The van der Waals surface area contributed by atoms with Crippen LogP contribution in [0.15, 0.2) is 52.9 Å². The first-order chi connectivity index (χ1) is 16.6. The van der Waals surface area contributed by atoms with Crippen LogP contribution in [0.3, 0.4) is 0 Å². The molecule has 0 spiro atoms. The van der Waals surface area contributed by atoms with Crippen LogP contribution in [-0.2, 0) is 4.79 Å². The molecule has 0 radical (unpaired) electrons. The minimum atomic E-state index is -0.140. The van der Waals surface area contributed by atoms with Crippen molar-refractivity contribution in [2.24, 2.45) is 11.8 Å². The molecular formula is C28H32ClN3O3. The summed E-state index contributed by atoms with van der Waals surface area (Å²) < 4.78 is 6.13. The van der Waals surface area contributed by atoms with Crippen LogP contribution in [0.1, 0.15) is 49.1 Å². The summed E-state index contributed by atoms with van der Waals surface area (Å²) in [5, 5.41) is 7.21. The smallest absolute Gasteiger partial charge is 0.287 e. The zero-order valence-corrected chi connectivity index (χ0v) is 20.6. The highest BCUT2D eigenvalue weighted by Gasteiger charge is 2.35. The molecule has 2 N–H and O–H groups in total. The summed E-state index contributed by atoms with van der Waals surface area (Å²) in [5.74, 6) is 1.01. The Hall–Kier alpha value is -2.83. The van der Waals surface area contributed by atoms with Crippen LogP contribution in [0.5, 0.6) is 0 Å². The first kappa shape index (κ1) is 23.9. The van der Waals surface area contributed by atoms with E-state index >= 15 is 0 Å². The average molecular weight is 494 g/mol. The summed E-state index contributed by atoms with van der Waals surface area (Å²) in [7, 11) is 0. The molecular weight excluding hydrogens is 462 g/mol. The van der Waals surface area contributed by atoms with Crippen LogP contribution in [-0.4, -0.2) is 42.4 Å². The third kappa shape index (κ3) is 4.82. The van der Waals surface area contributed by atoms with Gasteiger partial charge in [0.15, 0.2) is 5.76 Å². The molecule has 3 aromatic rings. The van der Waals surface area contributed by atoms with Gasteiger partial charge < -0.3 is 20.0 Å². The lowest BCUT2D eigenvalue weighted by molar-refractivity contribution is -0.119. The zero-order chi connectivity index (χ0) is 23.1. The predicted octanol–water partition coefficient (Wildman–Crippen LogP) is 5.47. The van der Waals surface area contributed by atoms with Crippen LogP contribution in [0.2, 0.25) is 0 Å². The second-order valence-corrected chi connectivity index (χ2v) is 10.1. The van der Waals surface area contributed by atoms with E-state index in [1.54, 1.807) is 0 Å². The molecule has 2 bridgehead atoms. The van der Waals surface area contributed by atoms with E-state index in [4.69, 9.17) is 4.42 Å². The SMILES string of the molecule is Cl.O=C(N[C@H]1CN2CCC1CC2)c1cc2cccc(-c3cccc(NC(=O)C4CCCC4)c3)c2o1. The van der Waals surface area contributed by atoms with Crippen LogP contribution < -0.4 is 10.6 Å². The number of halogens is 1. The minimum absolute atomic E-state index is 0. The largest absolute Gasteiger partial charge is 0.450 e. The van der Waals surface area contributed by atoms with Crippen molar-refractivity contribution in [1.82, 2.24) is 10.2 Å². The molecule has 0 unspecified atom stereocenters. The van der Waals surface area contributed by atoms with Crippen LogP contribution in [0, 0.1) is 11.8 Å². The second kappa shape index (κ2) is 10.0. The van der Waals surface area contributed by atoms with E-state index in [1.807, 2.05) is 48.5 Å². The Kier molecular flexibility index (Phi) is 6.85. The van der Waals surface area contributed by atoms with E-state index in [0.717, 1.165) is 80.4 Å². The van der Waals surface area contributed by atoms with Crippen molar-refractivity contribution < 1.29 is 14.0 Å². The van der Waals surface area contributed by atoms with E-state index in [2.05, 4.69) is 15.5 Å². The van der Waals surface area contributed by atoms with E-state index in [1.165, 1.54) is 0 Å². The van der Waals surface area contributed by atoms with Gasteiger partial charge in [-0.05, 0) is 68.5 Å². The lowest BCUT2D eigenvalue weighted by atomic mass is 9.84. The molecule has 3 aliphatic heterocycles. The Morgan fingerprint density at radius 2 is 1.71 bits per heavy atom. The molecule has 1 aliphatic carbocycles. The lowest BCUT2D eigenvalue weighted by Crippen LogP contribution is -2.57. The van der Waals surface area contributed by atoms with Gasteiger partial charge in [-0.1, -0.05) is 43.2 Å². The number of amides is 2. The van der Waals surface area contributed by atoms with Gasteiger partial charge in [0.05, 0.1) is 0 Å². The number of carbonyl (C=O) groups is 2. The van der Waals surface area contributed by atoms with Crippen molar-refractivity contribution in [1.29, 1.82) is 0 Å². The van der Waals surface area contributed by atoms with Gasteiger partial charge in [0, 0.05) is 35.1 Å². The van der Waals surface area contributed by atoms with Crippen molar-refractivity contribution in [3.63, 3.8) is 0 Å². The molecule has 1 saturated carbocycles. The number of nitrogens with zero attached hydrogens (tertiary/aromatic N) is 1. The predicted molar refractivity (Wildman–Crippen MR) is 140 cm³/mol. The third-order valence-corrected chi connectivity index (χ3v) is 7.91. The number of hydrogen-bond acceptors (Lipinski definition) is 4. The zero-order valence-electron chi connectivity index (χ0n) is 19.8. The van der Waals surface area contributed by atoms with Gasteiger partial charge in [0.25, 0.3) is 5.91 Å². The van der Waals surface area contributed by atoms with Gasteiger partial charge in [-0.25, -0.2) is 0 Å². The molecule has 1 atom stereocenters. The van der Waals surface area contributed by atoms with Crippen LogP contribution in [0.4, 0.5) is 5.69 Å². The molecule has 1 aromatic heterocycles. The minimum Gasteiger partial charge on any atom is -0.450 e. The average Bonchev–Trinajstić information content (AvgIpc) is 3.55. The van der Waals surface area contributed by atoms with E-state index in [9.17, 15) is 9.59 Å². The molecule has 184 valence electrons. The molecule has 35 heavy (non-hydrogen) atoms. The molecule has 7 heteroatoms. The van der Waals surface area contributed by atoms with Gasteiger partial charge in [-0.15, -0.1) is 12.4 Å². The van der Waals surface area contributed by atoms with Gasteiger partial charge >= 0.3 is 0 Å². The van der Waals surface area contributed by atoms with Crippen molar-refractivity contribution in [3.8, 4) is 11.1 Å². The maximum atomic E-state index is 13.0. The summed E-state index contributed by atoms with van der Waals surface area (Å²) in [5.41, 5.74) is 3.35. The fourth-order valence-corrected chi connectivity index (χ4v) is 5.97. The molecule has 2 aromatic carbocycles. The normalized spacial score (nSPS) is 23.7. The Morgan fingerprint density at radius 3 is 2.46 bits per heavy atom. The number of anilines is 1. The number of carbonyl (C=O) groups excluding carboxylic acids is 2. The van der Waals surface area contributed by atoms with Gasteiger partial charge in [0.2, 0.25) is 5.91 Å². The fourth-order valence-electron chi connectivity index (χ4n) is 5.97. The highest BCUT2D eigenvalue weighted by molar-refractivity contribution is 6.01. The number of rotatable bonds is 5. The highest BCUT2D eigenvalue weighted by Crippen LogP contribution is 2.33. The van der Waals surface area contributed by atoms with Gasteiger partial charge in [-0.2, -0.15) is 0 Å². The molecule has 7 rings (SSSR count). The Labute approximate surface area is 211 Å².